The molecule has 0 aromatic heterocycles. The molecule has 1 amide bonds. The van der Waals surface area contributed by atoms with Gasteiger partial charge in [0, 0.05) is 37.2 Å². The van der Waals surface area contributed by atoms with Crippen molar-refractivity contribution in [3.8, 4) is 0 Å². The minimum Gasteiger partial charge on any atom is -0.336 e. The van der Waals surface area contributed by atoms with Gasteiger partial charge in [-0.2, -0.15) is 0 Å². The Hall–Kier alpha value is -1.43. The van der Waals surface area contributed by atoms with E-state index in [4.69, 9.17) is 0 Å². The van der Waals surface area contributed by atoms with Crippen LogP contribution in [0.5, 0.6) is 0 Å². The van der Waals surface area contributed by atoms with Crippen molar-refractivity contribution in [2.45, 2.75) is 6.54 Å². The summed E-state index contributed by atoms with van der Waals surface area (Å²) in [5, 5.41) is 0. The molecule has 1 aliphatic heterocycles. The molecule has 2 aromatic carbocycles. The molecule has 3 nitrogen and oxygen atoms in total. The minimum absolute atomic E-state index is 0. The molecule has 1 fully saturated rings. The number of hydrogen-bond acceptors (Lipinski definition) is 2. The Bertz CT molecular complexity index is 705. The molecule has 1 aliphatic rings. The fourth-order valence-corrected chi connectivity index (χ4v) is 3.19. The minimum atomic E-state index is -0.451. The summed E-state index contributed by atoms with van der Waals surface area (Å²) >= 11 is 3.56. The molecule has 2 aromatic rings. The van der Waals surface area contributed by atoms with Crippen LogP contribution in [0.15, 0.2) is 53.0 Å². The van der Waals surface area contributed by atoms with Crippen LogP contribution in [-0.4, -0.2) is 41.9 Å². The molecule has 128 valence electrons. The molecule has 0 bridgehead atoms. The predicted molar refractivity (Wildman–Crippen MR) is 99.0 cm³/mol. The SMILES string of the molecule is Cl.O=C(c1ccccc1F)N1CCN(Cc2ccccc2Br)CC1. The number of carbonyl (C=O) groups excluding carboxylic acids is 1. The first-order chi connectivity index (χ1) is 11.1. The lowest BCUT2D eigenvalue weighted by molar-refractivity contribution is 0.0623. The quantitative estimate of drug-likeness (QED) is 0.760. The fourth-order valence-electron chi connectivity index (χ4n) is 2.78. The predicted octanol–water partition coefficient (Wildman–Crippen LogP) is 3.97. The number of benzene rings is 2. The molecule has 0 saturated carbocycles. The maximum absolute atomic E-state index is 13.7. The second-order valence-corrected chi connectivity index (χ2v) is 6.49. The number of carbonyl (C=O) groups is 1. The summed E-state index contributed by atoms with van der Waals surface area (Å²) < 4.78 is 14.8. The van der Waals surface area contributed by atoms with E-state index in [0.29, 0.717) is 13.1 Å². The molecular weight excluding hydrogens is 395 g/mol. The van der Waals surface area contributed by atoms with Gasteiger partial charge in [-0.1, -0.05) is 46.3 Å². The summed E-state index contributed by atoms with van der Waals surface area (Å²) in [7, 11) is 0. The van der Waals surface area contributed by atoms with Crippen LogP contribution in [0.25, 0.3) is 0 Å². The van der Waals surface area contributed by atoms with E-state index in [1.54, 1.807) is 23.1 Å². The average Bonchev–Trinajstić information content (AvgIpc) is 2.57. The van der Waals surface area contributed by atoms with E-state index < -0.39 is 5.82 Å². The zero-order valence-electron chi connectivity index (χ0n) is 13.1. The highest BCUT2D eigenvalue weighted by molar-refractivity contribution is 9.10. The second-order valence-electron chi connectivity index (χ2n) is 5.64. The Morgan fingerprint density at radius 2 is 1.62 bits per heavy atom. The highest BCUT2D eigenvalue weighted by Crippen LogP contribution is 2.19. The van der Waals surface area contributed by atoms with Crippen LogP contribution in [0.4, 0.5) is 4.39 Å². The van der Waals surface area contributed by atoms with Gasteiger partial charge in [-0.3, -0.25) is 9.69 Å². The van der Waals surface area contributed by atoms with Crippen molar-refractivity contribution in [3.05, 3.63) is 69.9 Å². The molecule has 1 heterocycles. The smallest absolute Gasteiger partial charge is 0.256 e. The van der Waals surface area contributed by atoms with Crippen molar-refractivity contribution < 1.29 is 9.18 Å². The topological polar surface area (TPSA) is 23.6 Å². The van der Waals surface area contributed by atoms with Crippen molar-refractivity contribution in [2.75, 3.05) is 26.2 Å². The molecule has 1 saturated heterocycles. The van der Waals surface area contributed by atoms with Gasteiger partial charge in [0.1, 0.15) is 5.82 Å². The first kappa shape index (κ1) is 18.9. The first-order valence-corrected chi connectivity index (χ1v) is 8.44. The van der Waals surface area contributed by atoms with E-state index in [1.807, 2.05) is 18.2 Å². The van der Waals surface area contributed by atoms with Crippen LogP contribution >= 0.6 is 28.3 Å². The van der Waals surface area contributed by atoms with Crippen LogP contribution in [0.3, 0.4) is 0 Å². The third kappa shape index (κ3) is 4.35. The Kier molecular flexibility index (Phi) is 6.78. The number of piperazine rings is 1. The van der Waals surface area contributed by atoms with Gasteiger partial charge in [0.15, 0.2) is 0 Å². The summed E-state index contributed by atoms with van der Waals surface area (Å²) in [6, 6.07) is 14.3. The van der Waals surface area contributed by atoms with Gasteiger partial charge < -0.3 is 4.90 Å². The summed E-state index contributed by atoms with van der Waals surface area (Å²) in [6.07, 6.45) is 0. The fraction of sp³-hybridized carbons (Fsp3) is 0.278. The third-order valence-electron chi connectivity index (χ3n) is 4.12. The van der Waals surface area contributed by atoms with Crippen molar-refractivity contribution in [1.82, 2.24) is 9.80 Å². The van der Waals surface area contributed by atoms with Crippen molar-refractivity contribution >= 4 is 34.2 Å². The van der Waals surface area contributed by atoms with Gasteiger partial charge >= 0.3 is 0 Å². The average molecular weight is 414 g/mol. The van der Waals surface area contributed by atoms with Crippen molar-refractivity contribution in [1.29, 1.82) is 0 Å². The first-order valence-electron chi connectivity index (χ1n) is 7.65. The molecule has 0 aliphatic carbocycles. The number of amides is 1. The van der Waals surface area contributed by atoms with E-state index in [2.05, 4.69) is 26.9 Å². The van der Waals surface area contributed by atoms with E-state index in [9.17, 15) is 9.18 Å². The van der Waals surface area contributed by atoms with Crippen LogP contribution in [0, 0.1) is 5.82 Å². The van der Waals surface area contributed by atoms with E-state index in [0.717, 1.165) is 24.1 Å². The van der Waals surface area contributed by atoms with Gasteiger partial charge in [-0.05, 0) is 23.8 Å². The Labute approximate surface area is 156 Å². The van der Waals surface area contributed by atoms with E-state index in [1.165, 1.54) is 11.6 Å². The normalized spacial score (nSPS) is 15.0. The van der Waals surface area contributed by atoms with Gasteiger partial charge in [-0.15, -0.1) is 12.4 Å². The standard InChI is InChI=1S/C18H18BrFN2O.ClH/c19-16-7-3-1-5-14(16)13-21-9-11-22(12-10-21)18(23)15-6-2-4-8-17(15)20;/h1-8H,9-13H2;1H. The maximum Gasteiger partial charge on any atom is 0.256 e. The third-order valence-corrected chi connectivity index (χ3v) is 4.89. The van der Waals surface area contributed by atoms with Crippen LogP contribution < -0.4 is 0 Å². The largest absolute Gasteiger partial charge is 0.336 e. The number of halogens is 3. The maximum atomic E-state index is 13.7. The molecule has 0 radical (unpaired) electrons. The summed E-state index contributed by atoms with van der Waals surface area (Å²) in [5.74, 6) is -0.670. The molecule has 0 unspecified atom stereocenters. The summed E-state index contributed by atoms with van der Waals surface area (Å²) in [6.45, 7) is 3.68. The van der Waals surface area contributed by atoms with E-state index in [-0.39, 0.29) is 23.9 Å². The molecular formula is C18H19BrClFN2O. The van der Waals surface area contributed by atoms with Crippen molar-refractivity contribution in [2.24, 2.45) is 0 Å². The van der Waals surface area contributed by atoms with Gasteiger partial charge in [0.25, 0.3) is 5.91 Å². The second kappa shape index (κ2) is 8.60. The van der Waals surface area contributed by atoms with Crippen molar-refractivity contribution in [3.63, 3.8) is 0 Å². The lowest BCUT2D eigenvalue weighted by Gasteiger charge is -2.35. The zero-order chi connectivity index (χ0) is 16.2. The van der Waals surface area contributed by atoms with Gasteiger partial charge in [0.05, 0.1) is 5.56 Å². The molecule has 6 heteroatoms. The molecule has 0 atom stereocenters. The zero-order valence-corrected chi connectivity index (χ0v) is 15.5. The number of hydrogen-bond donors (Lipinski definition) is 0. The lowest BCUT2D eigenvalue weighted by atomic mass is 10.1. The summed E-state index contributed by atoms with van der Waals surface area (Å²) in [4.78, 5) is 16.4. The molecule has 0 spiro atoms. The van der Waals surface area contributed by atoms with Gasteiger partial charge in [-0.25, -0.2) is 4.39 Å². The van der Waals surface area contributed by atoms with E-state index >= 15 is 0 Å². The Balaban J connectivity index is 0.00000208. The number of rotatable bonds is 3. The highest BCUT2D eigenvalue weighted by atomic mass is 79.9. The molecule has 3 rings (SSSR count). The lowest BCUT2D eigenvalue weighted by Crippen LogP contribution is -2.48. The van der Waals surface area contributed by atoms with Crippen LogP contribution in [-0.2, 0) is 6.54 Å². The van der Waals surface area contributed by atoms with Crippen LogP contribution in [0.2, 0.25) is 0 Å². The number of nitrogens with zero attached hydrogens (tertiary/aromatic N) is 2. The Morgan fingerprint density at radius 1 is 1.00 bits per heavy atom. The Morgan fingerprint density at radius 3 is 2.29 bits per heavy atom. The van der Waals surface area contributed by atoms with Gasteiger partial charge in [0.2, 0.25) is 0 Å². The summed E-state index contributed by atoms with van der Waals surface area (Å²) in [5.41, 5.74) is 1.40. The van der Waals surface area contributed by atoms with Crippen LogP contribution in [0.1, 0.15) is 15.9 Å². The highest BCUT2D eigenvalue weighted by Gasteiger charge is 2.24. The monoisotopic (exact) mass is 412 g/mol. The molecule has 24 heavy (non-hydrogen) atoms. The molecule has 0 N–H and O–H groups in total.